The van der Waals surface area contributed by atoms with Crippen LogP contribution in [0.15, 0.2) is 162 Å². The highest BCUT2D eigenvalue weighted by atomic mass is 16.3. The lowest BCUT2D eigenvalue weighted by molar-refractivity contribution is 0.669. The molecule has 0 fully saturated rings. The van der Waals surface area contributed by atoms with Crippen molar-refractivity contribution in [3.05, 3.63) is 158 Å². The lowest BCUT2D eigenvalue weighted by atomic mass is 10.0. The van der Waals surface area contributed by atoms with Crippen LogP contribution < -0.4 is 0 Å². The molecule has 3 aromatic heterocycles. The Morgan fingerprint density at radius 2 is 1.00 bits per heavy atom. The van der Waals surface area contributed by atoms with Crippen LogP contribution in [0, 0.1) is 0 Å². The summed E-state index contributed by atoms with van der Waals surface area (Å²) in [5, 5.41) is 7.32. The molecule has 210 valence electrons. The molecule has 0 bridgehead atoms. The van der Waals surface area contributed by atoms with Crippen LogP contribution in [-0.2, 0) is 0 Å². The highest BCUT2D eigenvalue weighted by Crippen LogP contribution is 2.42. The number of fused-ring (bicyclic) bond motifs is 10. The Kier molecular flexibility index (Phi) is 5.00. The van der Waals surface area contributed by atoms with Crippen molar-refractivity contribution in [2.45, 2.75) is 0 Å². The minimum Gasteiger partial charge on any atom is -0.456 e. The molecule has 0 unspecified atom stereocenters. The third-order valence-corrected chi connectivity index (χ3v) is 9.30. The normalized spacial score (nSPS) is 12.0. The van der Waals surface area contributed by atoms with Crippen molar-refractivity contribution in [2.24, 2.45) is 0 Å². The minimum absolute atomic E-state index is 0.909. The molecule has 0 N–H and O–H groups in total. The largest absolute Gasteiger partial charge is 0.456 e. The summed E-state index contributed by atoms with van der Waals surface area (Å²) in [6.07, 6.45) is 0. The molecule has 7 aromatic carbocycles. The number of furan rings is 1. The molecule has 0 aliphatic rings. The van der Waals surface area contributed by atoms with Crippen LogP contribution in [0.2, 0.25) is 0 Å². The van der Waals surface area contributed by atoms with E-state index >= 15 is 0 Å². The van der Waals surface area contributed by atoms with Gasteiger partial charge >= 0.3 is 0 Å². The van der Waals surface area contributed by atoms with Crippen LogP contribution in [-0.4, -0.2) is 9.13 Å². The van der Waals surface area contributed by atoms with E-state index in [0.717, 1.165) is 44.4 Å². The standard InChI is InChI=1S/C42H26N2O/c1-2-12-29(13-3-1)44-36-18-7-4-15-31(36)34-23-24-38-41(42(34)44)35-17-5-8-19-37(35)43(38)30-14-10-11-27(25-30)28-21-22-33-32-16-6-9-20-39(32)45-40(33)26-28/h1-26H. The zero-order chi connectivity index (χ0) is 29.5. The summed E-state index contributed by atoms with van der Waals surface area (Å²) in [7, 11) is 0. The lowest BCUT2D eigenvalue weighted by Gasteiger charge is -2.11. The van der Waals surface area contributed by atoms with Crippen molar-refractivity contribution in [1.82, 2.24) is 9.13 Å². The fourth-order valence-electron chi connectivity index (χ4n) is 7.36. The van der Waals surface area contributed by atoms with Crippen molar-refractivity contribution in [1.29, 1.82) is 0 Å². The molecule has 45 heavy (non-hydrogen) atoms. The first-order chi connectivity index (χ1) is 22.3. The first kappa shape index (κ1) is 24.4. The molecule has 0 radical (unpaired) electrons. The van der Waals surface area contributed by atoms with Gasteiger partial charge < -0.3 is 13.6 Å². The van der Waals surface area contributed by atoms with Crippen LogP contribution in [0.25, 0.3) is 88.1 Å². The van der Waals surface area contributed by atoms with Gasteiger partial charge in [-0.2, -0.15) is 0 Å². The minimum atomic E-state index is 0.909. The van der Waals surface area contributed by atoms with E-state index in [1.165, 1.54) is 43.6 Å². The van der Waals surface area contributed by atoms with Gasteiger partial charge in [0.1, 0.15) is 11.2 Å². The molecule has 0 saturated carbocycles. The van der Waals surface area contributed by atoms with Crippen LogP contribution in [0.4, 0.5) is 0 Å². The SMILES string of the molecule is c1ccc(-n2c3ccccc3c3ccc4c(c5ccccc5n4-c4cccc(-c5ccc6c(c5)oc5ccccc56)c4)c32)cc1. The molecule has 0 aliphatic heterocycles. The first-order valence-corrected chi connectivity index (χ1v) is 15.4. The van der Waals surface area contributed by atoms with E-state index < -0.39 is 0 Å². The van der Waals surface area contributed by atoms with Gasteiger partial charge in [0.15, 0.2) is 0 Å². The number of para-hydroxylation sites is 4. The number of hydrogen-bond donors (Lipinski definition) is 0. The Balaban J connectivity index is 1.25. The van der Waals surface area contributed by atoms with Crippen molar-refractivity contribution in [2.75, 3.05) is 0 Å². The number of nitrogens with zero attached hydrogens (tertiary/aromatic N) is 2. The second-order valence-electron chi connectivity index (χ2n) is 11.8. The van der Waals surface area contributed by atoms with E-state index in [9.17, 15) is 0 Å². The Labute approximate surface area is 258 Å². The Bertz CT molecular complexity index is 2760. The molecule has 3 heteroatoms. The van der Waals surface area contributed by atoms with Gasteiger partial charge in [-0.25, -0.2) is 0 Å². The molecule has 10 rings (SSSR count). The quantitative estimate of drug-likeness (QED) is 0.206. The van der Waals surface area contributed by atoms with Crippen molar-refractivity contribution in [3.63, 3.8) is 0 Å². The summed E-state index contributed by atoms with van der Waals surface area (Å²) < 4.78 is 11.1. The van der Waals surface area contributed by atoms with Crippen LogP contribution in [0.3, 0.4) is 0 Å². The van der Waals surface area contributed by atoms with Gasteiger partial charge in [-0.3, -0.25) is 0 Å². The number of rotatable bonds is 3. The number of aromatic nitrogens is 2. The summed E-state index contributed by atoms with van der Waals surface area (Å²) in [4.78, 5) is 0. The molecule has 3 nitrogen and oxygen atoms in total. The average Bonchev–Trinajstić information content (AvgIpc) is 3.76. The second-order valence-corrected chi connectivity index (χ2v) is 11.8. The van der Waals surface area contributed by atoms with E-state index in [1.807, 2.05) is 12.1 Å². The van der Waals surface area contributed by atoms with Gasteiger partial charge in [0.2, 0.25) is 0 Å². The lowest BCUT2D eigenvalue weighted by Crippen LogP contribution is -1.95. The maximum Gasteiger partial charge on any atom is 0.136 e. The molecular formula is C42H26N2O. The Hall–Kier alpha value is -6.06. The van der Waals surface area contributed by atoms with Gasteiger partial charge in [-0.1, -0.05) is 97.1 Å². The summed E-state index contributed by atoms with van der Waals surface area (Å²) >= 11 is 0. The van der Waals surface area contributed by atoms with E-state index in [0.29, 0.717) is 0 Å². The van der Waals surface area contributed by atoms with Crippen molar-refractivity contribution in [3.8, 4) is 22.5 Å². The van der Waals surface area contributed by atoms with Crippen LogP contribution >= 0.6 is 0 Å². The summed E-state index contributed by atoms with van der Waals surface area (Å²) in [6.45, 7) is 0. The highest BCUT2D eigenvalue weighted by Gasteiger charge is 2.20. The van der Waals surface area contributed by atoms with Crippen molar-refractivity contribution >= 4 is 65.6 Å². The second kappa shape index (κ2) is 9.22. The molecule has 3 heterocycles. The number of hydrogen-bond acceptors (Lipinski definition) is 1. The molecular weight excluding hydrogens is 548 g/mol. The number of benzene rings is 7. The zero-order valence-corrected chi connectivity index (χ0v) is 24.3. The van der Waals surface area contributed by atoms with Gasteiger partial charge in [-0.15, -0.1) is 0 Å². The smallest absolute Gasteiger partial charge is 0.136 e. The monoisotopic (exact) mass is 574 g/mol. The van der Waals surface area contributed by atoms with Crippen molar-refractivity contribution < 1.29 is 4.42 Å². The Morgan fingerprint density at radius 3 is 1.87 bits per heavy atom. The average molecular weight is 575 g/mol. The predicted molar refractivity (Wildman–Crippen MR) is 188 cm³/mol. The van der Waals surface area contributed by atoms with Crippen LogP contribution in [0.5, 0.6) is 0 Å². The molecule has 0 saturated heterocycles. The third kappa shape index (κ3) is 3.46. The molecule has 0 amide bonds. The van der Waals surface area contributed by atoms with E-state index in [4.69, 9.17) is 4.42 Å². The molecule has 0 atom stereocenters. The summed E-state index contributed by atoms with van der Waals surface area (Å²) in [5.74, 6) is 0. The maximum atomic E-state index is 6.24. The van der Waals surface area contributed by atoms with E-state index in [2.05, 4.69) is 155 Å². The molecule has 10 aromatic rings. The van der Waals surface area contributed by atoms with Gasteiger partial charge in [0.25, 0.3) is 0 Å². The van der Waals surface area contributed by atoms with Crippen LogP contribution in [0.1, 0.15) is 0 Å². The third-order valence-electron chi connectivity index (χ3n) is 9.30. The summed E-state index contributed by atoms with van der Waals surface area (Å²) in [6, 6.07) is 56.5. The van der Waals surface area contributed by atoms with Gasteiger partial charge in [-0.05, 0) is 71.8 Å². The van der Waals surface area contributed by atoms with E-state index in [1.54, 1.807) is 0 Å². The maximum absolute atomic E-state index is 6.24. The summed E-state index contributed by atoms with van der Waals surface area (Å²) in [5.41, 5.74) is 11.2. The predicted octanol–water partition coefficient (Wildman–Crippen LogP) is 11.4. The Morgan fingerprint density at radius 1 is 0.356 bits per heavy atom. The molecule has 0 spiro atoms. The van der Waals surface area contributed by atoms with Gasteiger partial charge in [0.05, 0.1) is 22.1 Å². The van der Waals surface area contributed by atoms with Gasteiger partial charge in [0, 0.05) is 43.7 Å². The fraction of sp³-hybridized carbons (Fsp3) is 0. The molecule has 0 aliphatic carbocycles. The topological polar surface area (TPSA) is 23.0 Å². The fourth-order valence-corrected chi connectivity index (χ4v) is 7.36. The highest BCUT2D eigenvalue weighted by molar-refractivity contribution is 6.26. The first-order valence-electron chi connectivity index (χ1n) is 15.4. The zero-order valence-electron chi connectivity index (χ0n) is 24.3. The van der Waals surface area contributed by atoms with E-state index in [-0.39, 0.29) is 0 Å².